The van der Waals surface area contributed by atoms with Gasteiger partial charge < -0.3 is 19.9 Å². The summed E-state index contributed by atoms with van der Waals surface area (Å²) in [6, 6.07) is -0.0906. The van der Waals surface area contributed by atoms with Crippen LogP contribution in [-0.2, 0) is 9.47 Å². The Morgan fingerprint density at radius 1 is 1.33 bits per heavy atom. The quantitative estimate of drug-likeness (QED) is 0.766. The van der Waals surface area contributed by atoms with Gasteiger partial charge in [0.25, 0.3) is 0 Å². The number of carbonyl (C=O) groups excluding carboxylic acids is 1. The van der Waals surface area contributed by atoms with Crippen LogP contribution in [0.5, 0.6) is 0 Å². The fourth-order valence-electron chi connectivity index (χ4n) is 1.82. The molecule has 0 fully saturated rings. The van der Waals surface area contributed by atoms with Crippen molar-refractivity contribution >= 4 is 6.09 Å². The Kier molecular flexibility index (Phi) is 6.63. The molecule has 18 heavy (non-hydrogen) atoms. The van der Waals surface area contributed by atoms with Crippen LogP contribution in [0, 0.1) is 5.41 Å². The monoisotopic (exact) mass is 261 g/mol. The second kappa shape index (κ2) is 6.95. The smallest absolute Gasteiger partial charge is 0.407 e. The summed E-state index contributed by atoms with van der Waals surface area (Å²) < 4.78 is 10.3. The first-order chi connectivity index (χ1) is 8.12. The molecule has 2 atom stereocenters. The molecule has 0 bridgehead atoms. The topological polar surface area (TPSA) is 67.8 Å². The summed E-state index contributed by atoms with van der Waals surface area (Å²) in [7, 11) is 1.60. The van der Waals surface area contributed by atoms with E-state index in [0.29, 0.717) is 13.0 Å². The van der Waals surface area contributed by atoms with Crippen LogP contribution in [0.4, 0.5) is 4.79 Å². The predicted octanol–water partition coefficient (Wildman–Crippen LogP) is 1.93. The van der Waals surface area contributed by atoms with Crippen LogP contribution in [0.15, 0.2) is 0 Å². The summed E-state index contributed by atoms with van der Waals surface area (Å²) in [5.74, 6) is 0. The van der Waals surface area contributed by atoms with Gasteiger partial charge in [0.15, 0.2) is 0 Å². The Morgan fingerprint density at radius 2 is 1.89 bits per heavy atom. The lowest BCUT2D eigenvalue weighted by atomic mass is 9.85. The highest BCUT2D eigenvalue weighted by Gasteiger charge is 2.27. The number of ether oxygens (including phenoxy) is 2. The van der Waals surface area contributed by atoms with Gasteiger partial charge in [-0.25, -0.2) is 4.79 Å². The molecule has 0 spiro atoms. The normalized spacial score (nSPS) is 16.8. The Balaban J connectivity index is 4.25. The number of hydrogen-bond acceptors (Lipinski definition) is 4. The third-order valence-corrected chi connectivity index (χ3v) is 2.44. The molecule has 0 heterocycles. The molecule has 1 amide bonds. The van der Waals surface area contributed by atoms with Crippen LogP contribution in [0.25, 0.3) is 0 Å². The van der Waals surface area contributed by atoms with Crippen molar-refractivity contribution in [2.24, 2.45) is 5.41 Å². The van der Waals surface area contributed by atoms with E-state index in [-0.39, 0.29) is 18.1 Å². The molecule has 0 aliphatic heterocycles. The zero-order chi connectivity index (χ0) is 14.4. The lowest BCUT2D eigenvalue weighted by molar-refractivity contribution is 0.0249. The number of carbonyl (C=O) groups is 1. The molecule has 108 valence electrons. The molecule has 0 aromatic heterocycles. The van der Waals surface area contributed by atoms with E-state index in [1.807, 2.05) is 34.6 Å². The van der Waals surface area contributed by atoms with Crippen molar-refractivity contribution in [1.29, 1.82) is 0 Å². The third-order valence-electron chi connectivity index (χ3n) is 2.44. The summed E-state index contributed by atoms with van der Waals surface area (Å²) in [5.41, 5.74) is -0.861. The molecule has 0 unspecified atom stereocenters. The lowest BCUT2D eigenvalue weighted by Crippen LogP contribution is -2.42. The van der Waals surface area contributed by atoms with Crippen LogP contribution in [0.1, 0.15) is 41.0 Å². The van der Waals surface area contributed by atoms with Crippen LogP contribution in [-0.4, -0.2) is 43.2 Å². The van der Waals surface area contributed by atoms with Crippen molar-refractivity contribution in [2.45, 2.75) is 52.7 Å². The Bertz CT molecular complexity index is 262. The van der Waals surface area contributed by atoms with Gasteiger partial charge in [-0.3, -0.25) is 0 Å². The maximum atomic E-state index is 11.6. The second-order valence-corrected chi connectivity index (χ2v) is 6.15. The van der Waals surface area contributed by atoms with E-state index in [1.165, 1.54) is 0 Å². The molecular formula is C13H27NO4. The van der Waals surface area contributed by atoms with E-state index >= 15 is 0 Å². The van der Waals surface area contributed by atoms with E-state index in [9.17, 15) is 9.90 Å². The molecular weight excluding hydrogens is 234 g/mol. The maximum Gasteiger partial charge on any atom is 0.407 e. The SMILES string of the molecule is COC[C@](C)(CO)C[C@H](C)NC(=O)OC(C)(C)C. The van der Waals surface area contributed by atoms with Crippen LogP contribution in [0.3, 0.4) is 0 Å². The number of alkyl carbamates (subject to hydrolysis) is 1. The molecule has 5 nitrogen and oxygen atoms in total. The molecule has 0 radical (unpaired) electrons. The fraction of sp³-hybridized carbons (Fsp3) is 0.923. The van der Waals surface area contributed by atoms with Crippen molar-refractivity contribution in [3.63, 3.8) is 0 Å². The molecule has 0 saturated heterocycles. The first-order valence-corrected chi connectivity index (χ1v) is 6.21. The zero-order valence-corrected chi connectivity index (χ0v) is 12.4. The zero-order valence-electron chi connectivity index (χ0n) is 12.4. The van der Waals surface area contributed by atoms with Crippen molar-refractivity contribution in [3.05, 3.63) is 0 Å². The summed E-state index contributed by atoms with van der Waals surface area (Å²) in [6.45, 7) is 9.72. The highest BCUT2D eigenvalue weighted by atomic mass is 16.6. The molecule has 0 rings (SSSR count). The van der Waals surface area contributed by atoms with Gasteiger partial charge in [0.1, 0.15) is 5.60 Å². The van der Waals surface area contributed by atoms with Crippen molar-refractivity contribution < 1.29 is 19.4 Å². The van der Waals surface area contributed by atoms with Gasteiger partial charge in [-0.05, 0) is 34.1 Å². The highest BCUT2D eigenvalue weighted by Crippen LogP contribution is 2.23. The van der Waals surface area contributed by atoms with Gasteiger partial charge in [-0.1, -0.05) is 6.92 Å². The minimum absolute atomic E-state index is 0.0151. The Morgan fingerprint density at radius 3 is 2.28 bits per heavy atom. The van der Waals surface area contributed by atoms with Crippen molar-refractivity contribution in [2.75, 3.05) is 20.3 Å². The second-order valence-electron chi connectivity index (χ2n) is 6.15. The number of rotatable bonds is 6. The molecule has 0 aromatic rings. The average molecular weight is 261 g/mol. The highest BCUT2D eigenvalue weighted by molar-refractivity contribution is 5.68. The molecule has 0 aliphatic carbocycles. The molecule has 5 heteroatoms. The van der Waals surface area contributed by atoms with E-state index in [1.54, 1.807) is 7.11 Å². The van der Waals surface area contributed by atoms with Crippen LogP contribution >= 0.6 is 0 Å². The first kappa shape index (κ1) is 17.2. The van der Waals surface area contributed by atoms with Crippen LogP contribution in [0.2, 0.25) is 0 Å². The Hall–Kier alpha value is -0.810. The average Bonchev–Trinajstić information content (AvgIpc) is 2.14. The van der Waals surface area contributed by atoms with Gasteiger partial charge in [-0.15, -0.1) is 0 Å². The standard InChI is InChI=1S/C13H27NO4/c1-10(7-13(5,8-15)9-17-6)14-11(16)18-12(2,3)4/h10,15H,7-9H2,1-6H3,(H,14,16)/t10-,13-/m0/s1. The van der Waals surface area contributed by atoms with Gasteiger partial charge in [0.2, 0.25) is 0 Å². The molecule has 0 saturated carbocycles. The summed E-state index contributed by atoms with van der Waals surface area (Å²) >= 11 is 0. The van der Waals surface area contributed by atoms with Crippen molar-refractivity contribution in [1.82, 2.24) is 5.32 Å². The van der Waals surface area contributed by atoms with Crippen molar-refractivity contribution in [3.8, 4) is 0 Å². The van der Waals surface area contributed by atoms with E-state index in [0.717, 1.165) is 0 Å². The predicted molar refractivity (Wildman–Crippen MR) is 70.5 cm³/mol. The van der Waals surface area contributed by atoms with Crippen LogP contribution < -0.4 is 5.32 Å². The Labute approximate surface area is 110 Å². The minimum Gasteiger partial charge on any atom is -0.444 e. The number of methoxy groups -OCH3 is 1. The van der Waals surface area contributed by atoms with Gasteiger partial charge in [0.05, 0.1) is 13.2 Å². The molecule has 0 aromatic carbocycles. The first-order valence-electron chi connectivity index (χ1n) is 6.21. The molecule has 2 N–H and O–H groups in total. The van der Waals surface area contributed by atoms with E-state index < -0.39 is 11.7 Å². The number of aliphatic hydroxyl groups is 1. The number of aliphatic hydroxyl groups excluding tert-OH is 1. The number of amides is 1. The largest absolute Gasteiger partial charge is 0.444 e. The number of hydrogen-bond donors (Lipinski definition) is 2. The number of nitrogens with one attached hydrogen (secondary N) is 1. The third kappa shape index (κ3) is 7.50. The summed E-state index contributed by atoms with van der Waals surface area (Å²) in [6.07, 6.45) is 0.184. The fourth-order valence-corrected chi connectivity index (χ4v) is 1.82. The minimum atomic E-state index is -0.503. The molecule has 0 aliphatic rings. The lowest BCUT2D eigenvalue weighted by Gasteiger charge is -2.30. The van der Waals surface area contributed by atoms with E-state index in [4.69, 9.17) is 9.47 Å². The summed E-state index contributed by atoms with van der Waals surface area (Å²) in [4.78, 5) is 11.6. The summed E-state index contributed by atoms with van der Waals surface area (Å²) in [5, 5.41) is 12.1. The van der Waals surface area contributed by atoms with Gasteiger partial charge in [0, 0.05) is 18.6 Å². The van der Waals surface area contributed by atoms with E-state index in [2.05, 4.69) is 5.32 Å². The van der Waals surface area contributed by atoms with Gasteiger partial charge in [-0.2, -0.15) is 0 Å². The van der Waals surface area contributed by atoms with Gasteiger partial charge >= 0.3 is 6.09 Å². The maximum absolute atomic E-state index is 11.6.